The fourth-order valence-electron chi connectivity index (χ4n) is 2.28. The van der Waals surface area contributed by atoms with E-state index in [4.69, 9.17) is 5.11 Å². The molecule has 0 aromatic carbocycles. The number of aliphatic hydroxyl groups excluding tert-OH is 1. The first kappa shape index (κ1) is 10.4. The Morgan fingerprint density at radius 1 is 1.47 bits per heavy atom. The van der Waals surface area contributed by atoms with Crippen LogP contribution in [0.3, 0.4) is 0 Å². The zero-order chi connectivity index (χ0) is 10.8. The molecule has 84 valence electrons. The van der Waals surface area contributed by atoms with Gasteiger partial charge in [-0.2, -0.15) is 5.10 Å². The van der Waals surface area contributed by atoms with Gasteiger partial charge in [-0.1, -0.05) is 12.8 Å². The maximum Gasteiger partial charge on any atom is 0.345 e. The van der Waals surface area contributed by atoms with Gasteiger partial charge < -0.3 is 5.11 Å². The monoisotopic (exact) mass is 211 g/mol. The normalized spacial score (nSPS) is 17.5. The van der Waals surface area contributed by atoms with E-state index in [0.29, 0.717) is 12.5 Å². The highest BCUT2D eigenvalue weighted by molar-refractivity contribution is 4.99. The van der Waals surface area contributed by atoms with Crippen LogP contribution in [0.2, 0.25) is 0 Å². The van der Waals surface area contributed by atoms with Gasteiger partial charge in [0.2, 0.25) is 0 Å². The van der Waals surface area contributed by atoms with Crippen molar-refractivity contribution in [3.8, 4) is 0 Å². The minimum atomic E-state index is -0.119. The number of aromatic nitrogens is 3. The second-order valence-corrected chi connectivity index (χ2v) is 4.13. The van der Waals surface area contributed by atoms with E-state index in [0.717, 1.165) is 18.7 Å². The van der Waals surface area contributed by atoms with Gasteiger partial charge in [0.15, 0.2) is 0 Å². The van der Waals surface area contributed by atoms with Crippen LogP contribution < -0.4 is 5.69 Å². The molecule has 0 radical (unpaired) electrons. The molecule has 1 heterocycles. The van der Waals surface area contributed by atoms with Gasteiger partial charge in [-0.05, 0) is 12.8 Å². The zero-order valence-corrected chi connectivity index (χ0v) is 9.02. The fourth-order valence-corrected chi connectivity index (χ4v) is 2.28. The van der Waals surface area contributed by atoms with Gasteiger partial charge in [-0.25, -0.2) is 9.48 Å². The summed E-state index contributed by atoms with van der Waals surface area (Å²) in [4.78, 5) is 11.7. The van der Waals surface area contributed by atoms with Gasteiger partial charge in [-0.15, -0.1) is 0 Å². The predicted octanol–water partition coefficient (Wildman–Crippen LogP) is 0.232. The van der Waals surface area contributed by atoms with Crippen molar-refractivity contribution in [2.75, 3.05) is 6.61 Å². The van der Waals surface area contributed by atoms with Crippen molar-refractivity contribution >= 4 is 0 Å². The first-order chi connectivity index (χ1) is 7.24. The number of aliphatic hydroxyl groups is 1. The Hall–Kier alpha value is -1.10. The van der Waals surface area contributed by atoms with E-state index in [2.05, 4.69) is 5.10 Å². The van der Waals surface area contributed by atoms with E-state index < -0.39 is 0 Å². The molecule has 15 heavy (non-hydrogen) atoms. The minimum absolute atomic E-state index is 0.0406. The Kier molecular flexibility index (Phi) is 2.90. The first-order valence-corrected chi connectivity index (χ1v) is 5.48. The third-order valence-electron chi connectivity index (χ3n) is 3.11. The summed E-state index contributed by atoms with van der Waals surface area (Å²) in [5, 5.41) is 13.1. The molecule has 1 aliphatic rings. The van der Waals surface area contributed by atoms with Gasteiger partial charge >= 0.3 is 5.69 Å². The second-order valence-electron chi connectivity index (χ2n) is 4.13. The molecule has 5 nitrogen and oxygen atoms in total. The Labute approximate surface area is 88.3 Å². The summed E-state index contributed by atoms with van der Waals surface area (Å²) in [6.07, 6.45) is 4.71. The van der Waals surface area contributed by atoms with Crippen LogP contribution in [0.25, 0.3) is 0 Å². The van der Waals surface area contributed by atoms with Crippen molar-refractivity contribution in [3.05, 3.63) is 16.3 Å². The largest absolute Gasteiger partial charge is 0.394 e. The number of hydrogen-bond donors (Lipinski definition) is 1. The summed E-state index contributed by atoms with van der Waals surface area (Å²) >= 11 is 0. The van der Waals surface area contributed by atoms with E-state index in [1.807, 2.05) is 0 Å². The standard InChI is InChI=1S/C10H17N3O2/c1-12-9(8-4-2-3-5-8)11-13(6-7-14)10(12)15/h8,14H,2-7H2,1H3. The van der Waals surface area contributed by atoms with Crippen LogP contribution in [0.5, 0.6) is 0 Å². The van der Waals surface area contributed by atoms with Crippen LogP contribution in [-0.4, -0.2) is 26.1 Å². The summed E-state index contributed by atoms with van der Waals surface area (Å²) < 4.78 is 2.97. The third-order valence-corrected chi connectivity index (χ3v) is 3.11. The molecule has 1 aromatic rings. The number of rotatable bonds is 3. The topological polar surface area (TPSA) is 60.1 Å². The molecule has 1 aromatic heterocycles. The van der Waals surface area contributed by atoms with Crippen molar-refractivity contribution in [1.82, 2.24) is 14.3 Å². The summed E-state index contributed by atoms with van der Waals surface area (Å²) in [5.74, 6) is 1.31. The van der Waals surface area contributed by atoms with E-state index in [1.54, 1.807) is 11.6 Å². The van der Waals surface area contributed by atoms with Crippen molar-refractivity contribution in [1.29, 1.82) is 0 Å². The summed E-state index contributed by atoms with van der Waals surface area (Å²) in [7, 11) is 1.76. The Morgan fingerprint density at radius 3 is 2.73 bits per heavy atom. The molecule has 2 rings (SSSR count). The molecule has 0 saturated heterocycles. The van der Waals surface area contributed by atoms with Crippen molar-refractivity contribution in [3.63, 3.8) is 0 Å². The molecule has 5 heteroatoms. The first-order valence-electron chi connectivity index (χ1n) is 5.48. The number of hydrogen-bond acceptors (Lipinski definition) is 3. The lowest BCUT2D eigenvalue weighted by molar-refractivity contribution is 0.266. The molecular weight excluding hydrogens is 194 g/mol. The Balaban J connectivity index is 2.31. The molecule has 0 bridgehead atoms. The van der Waals surface area contributed by atoms with Crippen LogP contribution in [0.4, 0.5) is 0 Å². The molecule has 1 fully saturated rings. The SMILES string of the molecule is Cn1c(C2CCCC2)nn(CCO)c1=O. The van der Waals surface area contributed by atoms with E-state index in [1.165, 1.54) is 17.5 Å². The minimum Gasteiger partial charge on any atom is -0.394 e. The highest BCUT2D eigenvalue weighted by Crippen LogP contribution is 2.32. The highest BCUT2D eigenvalue weighted by atomic mass is 16.3. The maximum atomic E-state index is 11.7. The van der Waals surface area contributed by atoms with E-state index in [9.17, 15) is 4.79 Å². The predicted molar refractivity (Wildman–Crippen MR) is 55.8 cm³/mol. The molecule has 0 unspecified atom stereocenters. The van der Waals surface area contributed by atoms with Crippen LogP contribution in [0, 0.1) is 0 Å². The fraction of sp³-hybridized carbons (Fsp3) is 0.800. The van der Waals surface area contributed by atoms with Crippen molar-refractivity contribution in [2.45, 2.75) is 38.1 Å². The lowest BCUT2D eigenvalue weighted by Gasteiger charge is -2.05. The van der Waals surface area contributed by atoms with Crippen LogP contribution in [-0.2, 0) is 13.6 Å². The lowest BCUT2D eigenvalue weighted by Crippen LogP contribution is -2.24. The molecular formula is C10H17N3O2. The van der Waals surface area contributed by atoms with Gasteiger partial charge in [-0.3, -0.25) is 4.57 Å². The van der Waals surface area contributed by atoms with Gasteiger partial charge in [0, 0.05) is 13.0 Å². The molecule has 1 aliphatic carbocycles. The average Bonchev–Trinajstić information content (AvgIpc) is 2.82. The lowest BCUT2D eigenvalue weighted by atomic mass is 10.1. The molecule has 1 N–H and O–H groups in total. The Morgan fingerprint density at radius 2 is 2.13 bits per heavy atom. The molecule has 0 amide bonds. The van der Waals surface area contributed by atoms with Crippen molar-refractivity contribution in [2.24, 2.45) is 7.05 Å². The maximum absolute atomic E-state index is 11.7. The third kappa shape index (κ3) is 1.84. The summed E-state index contributed by atoms with van der Waals surface area (Å²) in [6, 6.07) is 0. The van der Waals surface area contributed by atoms with E-state index in [-0.39, 0.29) is 12.3 Å². The number of nitrogens with zero attached hydrogens (tertiary/aromatic N) is 3. The van der Waals surface area contributed by atoms with Gasteiger partial charge in [0.1, 0.15) is 5.82 Å². The van der Waals surface area contributed by atoms with Gasteiger partial charge in [0.25, 0.3) is 0 Å². The smallest absolute Gasteiger partial charge is 0.345 e. The highest BCUT2D eigenvalue weighted by Gasteiger charge is 2.23. The van der Waals surface area contributed by atoms with Gasteiger partial charge in [0.05, 0.1) is 13.2 Å². The Bertz CT molecular complexity index is 388. The second kappa shape index (κ2) is 4.18. The molecule has 0 aliphatic heterocycles. The summed E-state index contributed by atoms with van der Waals surface area (Å²) in [6.45, 7) is 0.250. The van der Waals surface area contributed by atoms with Crippen LogP contribution in [0.15, 0.2) is 4.79 Å². The molecule has 0 spiro atoms. The van der Waals surface area contributed by atoms with Crippen molar-refractivity contribution < 1.29 is 5.11 Å². The molecule has 0 atom stereocenters. The van der Waals surface area contributed by atoms with E-state index >= 15 is 0 Å². The average molecular weight is 211 g/mol. The molecule has 1 saturated carbocycles. The summed E-state index contributed by atoms with van der Waals surface area (Å²) in [5.41, 5.74) is -0.119. The zero-order valence-electron chi connectivity index (χ0n) is 9.02. The quantitative estimate of drug-likeness (QED) is 0.778. The van der Waals surface area contributed by atoms with Crippen LogP contribution >= 0.6 is 0 Å². The van der Waals surface area contributed by atoms with Crippen LogP contribution in [0.1, 0.15) is 37.4 Å².